The molecule has 0 aliphatic rings. The Morgan fingerprint density at radius 1 is 1.50 bits per heavy atom. The summed E-state index contributed by atoms with van der Waals surface area (Å²) in [5.41, 5.74) is -1.44. The van der Waals surface area contributed by atoms with Gasteiger partial charge in [-0.25, -0.2) is 0 Å². The Morgan fingerprint density at radius 2 is 2.12 bits per heavy atom. The number of carboxylic acids is 1. The number of amides is 1. The molecule has 5 nitrogen and oxygen atoms in total. The summed E-state index contributed by atoms with van der Waals surface area (Å²) in [6.45, 7) is 4.45. The van der Waals surface area contributed by atoms with E-state index in [9.17, 15) is 9.59 Å². The highest BCUT2D eigenvalue weighted by Gasteiger charge is 2.36. The van der Waals surface area contributed by atoms with Crippen molar-refractivity contribution in [1.82, 2.24) is 5.32 Å². The number of hydrogen-bond acceptors (Lipinski definition) is 3. The van der Waals surface area contributed by atoms with Gasteiger partial charge in [-0.1, -0.05) is 0 Å². The molecule has 1 rings (SSSR count). The van der Waals surface area contributed by atoms with E-state index in [1.54, 1.807) is 19.1 Å². The van der Waals surface area contributed by atoms with E-state index in [1.807, 2.05) is 0 Å². The summed E-state index contributed by atoms with van der Waals surface area (Å²) in [5.74, 6) is -1.10. The first kappa shape index (κ1) is 12.3. The summed E-state index contributed by atoms with van der Waals surface area (Å²) in [5, 5.41) is 11.5. The molecule has 0 fully saturated rings. The molecule has 0 radical (unpaired) electrons. The van der Waals surface area contributed by atoms with E-state index in [2.05, 4.69) is 5.32 Å². The second-order valence-corrected chi connectivity index (χ2v) is 4.14. The summed E-state index contributed by atoms with van der Waals surface area (Å²) < 4.78 is 5.11. The smallest absolute Gasteiger partial charge is 0.318 e. The van der Waals surface area contributed by atoms with Gasteiger partial charge < -0.3 is 14.8 Å². The molecular weight excluding hydrogens is 210 g/mol. The van der Waals surface area contributed by atoms with Crippen LogP contribution >= 0.6 is 0 Å². The van der Waals surface area contributed by atoms with Gasteiger partial charge >= 0.3 is 5.97 Å². The summed E-state index contributed by atoms with van der Waals surface area (Å²) in [6, 6.07) is 3.08. The second kappa shape index (κ2) is 4.38. The predicted molar refractivity (Wildman–Crippen MR) is 56.7 cm³/mol. The highest BCUT2D eigenvalue weighted by atomic mass is 16.4. The zero-order valence-electron chi connectivity index (χ0n) is 9.48. The molecule has 1 heterocycles. The van der Waals surface area contributed by atoms with Gasteiger partial charge in [0.2, 0.25) is 5.91 Å². The minimum atomic E-state index is -1.44. The number of furan rings is 1. The van der Waals surface area contributed by atoms with Crippen LogP contribution in [0.5, 0.6) is 0 Å². The largest absolute Gasteiger partial charge is 0.480 e. The van der Waals surface area contributed by atoms with E-state index in [1.165, 1.54) is 20.1 Å². The lowest BCUT2D eigenvalue weighted by molar-refractivity contribution is -0.153. The molecule has 1 amide bonds. The number of rotatable bonds is 4. The zero-order valence-corrected chi connectivity index (χ0v) is 9.48. The maximum absolute atomic E-state index is 11.7. The Morgan fingerprint density at radius 3 is 2.56 bits per heavy atom. The average Bonchev–Trinajstić information content (AvgIpc) is 2.69. The Hall–Kier alpha value is -1.78. The van der Waals surface area contributed by atoms with Gasteiger partial charge in [0.05, 0.1) is 12.3 Å². The molecule has 16 heavy (non-hydrogen) atoms. The van der Waals surface area contributed by atoms with Gasteiger partial charge in [0.1, 0.15) is 11.2 Å². The third-order valence-corrected chi connectivity index (χ3v) is 2.42. The Balaban J connectivity index is 2.69. The van der Waals surface area contributed by atoms with Crippen LogP contribution in [0.3, 0.4) is 0 Å². The molecule has 88 valence electrons. The van der Waals surface area contributed by atoms with E-state index in [0.717, 1.165) is 0 Å². The second-order valence-electron chi connectivity index (χ2n) is 4.14. The number of carbonyl (C=O) groups excluding carboxylic acids is 1. The van der Waals surface area contributed by atoms with Crippen molar-refractivity contribution in [2.24, 2.45) is 5.41 Å². The van der Waals surface area contributed by atoms with Crippen LogP contribution in [0, 0.1) is 5.41 Å². The molecular formula is C11H15NO4. The number of hydrogen-bond donors (Lipinski definition) is 2. The van der Waals surface area contributed by atoms with Crippen LogP contribution < -0.4 is 5.32 Å². The van der Waals surface area contributed by atoms with Gasteiger partial charge in [0.15, 0.2) is 0 Å². The van der Waals surface area contributed by atoms with Crippen molar-refractivity contribution in [1.29, 1.82) is 0 Å². The lowest BCUT2D eigenvalue weighted by Gasteiger charge is -2.21. The number of nitrogens with one attached hydrogen (secondary N) is 1. The van der Waals surface area contributed by atoms with Crippen LogP contribution in [0.25, 0.3) is 0 Å². The van der Waals surface area contributed by atoms with Gasteiger partial charge in [-0.3, -0.25) is 9.59 Å². The van der Waals surface area contributed by atoms with Crippen LogP contribution in [0.15, 0.2) is 22.8 Å². The fraction of sp³-hybridized carbons (Fsp3) is 0.455. The zero-order chi connectivity index (χ0) is 12.3. The minimum Gasteiger partial charge on any atom is -0.480 e. The molecule has 0 spiro atoms. The maximum Gasteiger partial charge on any atom is 0.318 e. The van der Waals surface area contributed by atoms with Crippen molar-refractivity contribution in [2.75, 3.05) is 0 Å². The van der Waals surface area contributed by atoms with Crippen molar-refractivity contribution in [3.63, 3.8) is 0 Å². The SMILES string of the molecule is CC(NC(=O)C(C)(C)C(=O)O)c1ccco1. The molecule has 1 aromatic rings. The Bertz CT molecular complexity index is 381. The molecule has 0 aromatic carbocycles. The maximum atomic E-state index is 11.7. The molecule has 0 saturated heterocycles. The fourth-order valence-electron chi connectivity index (χ4n) is 1.08. The summed E-state index contributed by atoms with van der Waals surface area (Å²) >= 11 is 0. The quantitative estimate of drug-likeness (QED) is 0.762. The van der Waals surface area contributed by atoms with E-state index < -0.39 is 17.3 Å². The van der Waals surface area contributed by atoms with Crippen LogP contribution in [0.2, 0.25) is 0 Å². The van der Waals surface area contributed by atoms with Crippen molar-refractivity contribution in [3.05, 3.63) is 24.2 Å². The highest BCUT2D eigenvalue weighted by Crippen LogP contribution is 2.19. The lowest BCUT2D eigenvalue weighted by atomic mass is 9.92. The van der Waals surface area contributed by atoms with Crippen molar-refractivity contribution < 1.29 is 19.1 Å². The summed E-state index contributed by atoms with van der Waals surface area (Å²) in [4.78, 5) is 22.5. The first-order chi connectivity index (χ1) is 7.35. The van der Waals surface area contributed by atoms with E-state index >= 15 is 0 Å². The highest BCUT2D eigenvalue weighted by molar-refractivity contribution is 6.01. The Labute approximate surface area is 93.4 Å². The number of carboxylic acid groups (broad SMARTS) is 1. The van der Waals surface area contributed by atoms with Gasteiger partial charge in [-0.2, -0.15) is 0 Å². The van der Waals surface area contributed by atoms with Gasteiger partial charge in [-0.15, -0.1) is 0 Å². The van der Waals surface area contributed by atoms with Crippen LogP contribution in [0.4, 0.5) is 0 Å². The van der Waals surface area contributed by atoms with Gasteiger partial charge in [-0.05, 0) is 32.9 Å². The third kappa shape index (κ3) is 2.42. The number of aliphatic carboxylic acids is 1. The summed E-state index contributed by atoms with van der Waals surface area (Å²) in [6.07, 6.45) is 1.50. The summed E-state index contributed by atoms with van der Waals surface area (Å²) in [7, 11) is 0. The molecule has 0 bridgehead atoms. The molecule has 0 aliphatic carbocycles. The van der Waals surface area contributed by atoms with E-state index in [0.29, 0.717) is 5.76 Å². The molecule has 1 atom stereocenters. The average molecular weight is 225 g/mol. The molecule has 0 saturated carbocycles. The van der Waals surface area contributed by atoms with Crippen LogP contribution in [-0.4, -0.2) is 17.0 Å². The lowest BCUT2D eigenvalue weighted by Crippen LogP contribution is -2.43. The molecule has 1 unspecified atom stereocenters. The first-order valence-corrected chi connectivity index (χ1v) is 4.93. The van der Waals surface area contributed by atoms with Gasteiger partial charge in [0.25, 0.3) is 0 Å². The first-order valence-electron chi connectivity index (χ1n) is 4.93. The van der Waals surface area contributed by atoms with Crippen LogP contribution in [-0.2, 0) is 9.59 Å². The third-order valence-electron chi connectivity index (χ3n) is 2.42. The van der Waals surface area contributed by atoms with Crippen LogP contribution in [0.1, 0.15) is 32.6 Å². The standard InChI is InChI=1S/C11H15NO4/c1-7(8-5-4-6-16-8)12-9(13)11(2,3)10(14)15/h4-7H,1-3H3,(H,12,13)(H,14,15). The van der Waals surface area contributed by atoms with E-state index in [4.69, 9.17) is 9.52 Å². The molecule has 0 aliphatic heterocycles. The predicted octanol–water partition coefficient (Wildman–Crippen LogP) is 1.57. The minimum absolute atomic E-state index is 0.346. The topological polar surface area (TPSA) is 79.5 Å². The van der Waals surface area contributed by atoms with E-state index in [-0.39, 0.29) is 6.04 Å². The molecule has 5 heteroatoms. The van der Waals surface area contributed by atoms with Crippen molar-refractivity contribution in [3.8, 4) is 0 Å². The van der Waals surface area contributed by atoms with Crippen molar-refractivity contribution in [2.45, 2.75) is 26.8 Å². The molecule has 2 N–H and O–H groups in total. The fourth-order valence-corrected chi connectivity index (χ4v) is 1.08. The monoisotopic (exact) mass is 225 g/mol. The normalized spacial score (nSPS) is 13.2. The van der Waals surface area contributed by atoms with Crippen molar-refractivity contribution >= 4 is 11.9 Å². The molecule has 1 aromatic heterocycles. The number of carbonyl (C=O) groups is 2. The Kier molecular flexibility index (Phi) is 3.37. The van der Waals surface area contributed by atoms with Gasteiger partial charge in [0, 0.05) is 0 Å².